The number of ether oxygens (including phenoxy) is 1. The number of hydrogen-bond acceptors (Lipinski definition) is 6. The third kappa shape index (κ3) is 5.35. The molecule has 1 aromatic heterocycles. The minimum absolute atomic E-state index is 0.125. The van der Waals surface area contributed by atoms with Crippen LogP contribution < -0.4 is 15.4 Å². The Morgan fingerprint density at radius 1 is 1.13 bits per heavy atom. The van der Waals surface area contributed by atoms with Gasteiger partial charge in [0.2, 0.25) is 0 Å². The number of benzene rings is 2. The molecule has 0 radical (unpaired) electrons. The van der Waals surface area contributed by atoms with Crippen LogP contribution in [0.15, 0.2) is 48.8 Å². The lowest BCUT2D eigenvalue weighted by Gasteiger charge is -2.17. The fourth-order valence-corrected chi connectivity index (χ4v) is 2.77. The van der Waals surface area contributed by atoms with E-state index >= 15 is 0 Å². The molecule has 0 aliphatic heterocycles. The van der Waals surface area contributed by atoms with Crippen LogP contribution in [0.2, 0.25) is 0 Å². The molecule has 3 aromatic rings. The molecule has 0 fully saturated rings. The zero-order valence-electron chi connectivity index (χ0n) is 16.3. The first-order valence-electron chi connectivity index (χ1n) is 9.04. The summed E-state index contributed by atoms with van der Waals surface area (Å²) < 4.78 is 40.7. The summed E-state index contributed by atoms with van der Waals surface area (Å²) in [5, 5.41) is 6.71. The van der Waals surface area contributed by atoms with Gasteiger partial charge in [-0.3, -0.25) is 4.79 Å². The first-order valence-corrected chi connectivity index (χ1v) is 9.04. The van der Waals surface area contributed by atoms with E-state index in [1.54, 1.807) is 30.1 Å². The van der Waals surface area contributed by atoms with E-state index in [0.29, 0.717) is 41.1 Å². The van der Waals surface area contributed by atoms with E-state index in [0.717, 1.165) is 0 Å². The molecule has 1 amide bonds. The number of hydrogen-bond donors (Lipinski definition) is 2. The topological polar surface area (TPSA) is 79.4 Å². The zero-order valence-corrected chi connectivity index (χ0v) is 16.3. The predicted molar refractivity (Wildman–Crippen MR) is 107 cm³/mol. The monoisotopic (exact) mass is 419 g/mol. The van der Waals surface area contributed by atoms with Crippen molar-refractivity contribution in [3.05, 3.63) is 54.4 Å². The maximum Gasteiger partial charge on any atom is 0.573 e. The van der Waals surface area contributed by atoms with Gasteiger partial charge in [-0.25, -0.2) is 9.97 Å². The van der Waals surface area contributed by atoms with Gasteiger partial charge in [-0.05, 0) is 49.5 Å². The fourth-order valence-electron chi connectivity index (χ4n) is 2.77. The van der Waals surface area contributed by atoms with Crippen LogP contribution in [0.25, 0.3) is 10.9 Å². The van der Waals surface area contributed by atoms with Gasteiger partial charge in [0, 0.05) is 36.8 Å². The molecule has 30 heavy (non-hydrogen) atoms. The van der Waals surface area contributed by atoms with Crippen LogP contribution in [0.4, 0.5) is 24.7 Å². The van der Waals surface area contributed by atoms with Crippen molar-refractivity contribution >= 4 is 28.3 Å². The molecule has 2 aromatic carbocycles. The van der Waals surface area contributed by atoms with E-state index in [-0.39, 0.29) is 11.7 Å². The van der Waals surface area contributed by atoms with E-state index < -0.39 is 6.36 Å². The standard InChI is InChI=1S/C20H20F3N5O2/c1-24-9-10-28(2)19(29)13-3-8-16-17(11-13)25-12-26-18(16)27-14-4-6-15(7-5-14)30-20(21,22)23/h3-8,11-12,24H,9-10H2,1-2H3,(H,25,26,27). The Labute approximate surface area is 170 Å². The Bertz CT molecular complexity index is 1030. The van der Waals surface area contributed by atoms with Crippen molar-refractivity contribution in [1.82, 2.24) is 20.2 Å². The highest BCUT2D eigenvalue weighted by atomic mass is 19.4. The van der Waals surface area contributed by atoms with Crippen LogP contribution in [0.1, 0.15) is 10.4 Å². The van der Waals surface area contributed by atoms with E-state index in [1.165, 1.54) is 30.6 Å². The normalized spacial score (nSPS) is 11.4. The van der Waals surface area contributed by atoms with Gasteiger partial charge < -0.3 is 20.3 Å². The van der Waals surface area contributed by atoms with Crippen LogP contribution in [-0.4, -0.2) is 54.3 Å². The number of amides is 1. The highest BCUT2D eigenvalue weighted by molar-refractivity contribution is 6.00. The molecular weight excluding hydrogens is 399 g/mol. The SMILES string of the molecule is CNCCN(C)C(=O)c1ccc2c(Nc3ccc(OC(F)(F)F)cc3)ncnc2c1. The van der Waals surface area contributed by atoms with Crippen LogP contribution in [0.5, 0.6) is 5.75 Å². The number of nitrogens with one attached hydrogen (secondary N) is 2. The summed E-state index contributed by atoms with van der Waals surface area (Å²) in [5.74, 6) is 0.0266. The maximum atomic E-state index is 12.5. The van der Waals surface area contributed by atoms with Crippen molar-refractivity contribution in [3.63, 3.8) is 0 Å². The minimum atomic E-state index is -4.74. The van der Waals surface area contributed by atoms with Crippen molar-refractivity contribution in [3.8, 4) is 5.75 Å². The van der Waals surface area contributed by atoms with Crippen LogP contribution in [0.3, 0.4) is 0 Å². The number of nitrogens with zero attached hydrogens (tertiary/aromatic N) is 3. The largest absolute Gasteiger partial charge is 0.573 e. The number of halogens is 3. The van der Waals surface area contributed by atoms with Crippen molar-refractivity contribution in [2.24, 2.45) is 0 Å². The summed E-state index contributed by atoms with van der Waals surface area (Å²) in [4.78, 5) is 22.6. The number of anilines is 2. The van der Waals surface area contributed by atoms with Crippen LogP contribution in [-0.2, 0) is 0 Å². The van der Waals surface area contributed by atoms with Crippen LogP contribution >= 0.6 is 0 Å². The molecule has 0 saturated heterocycles. The van der Waals surface area contributed by atoms with Gasteiger partial charge in [-0.1, -0.05) is 0 Å². The second-order valence-electron chi connectivity index (χ2n) is 6.48. The molecular formula is C20H20F3N5O2. The summed E-state index contributed by atoms with van der Waals surface area (Å²) in [6.07, 6.45) is -3.39. The Balaban J connectivity index is 1.80. The van der Waals surface area contributed by atoms with Crippen molar-refractivity contribution in [1.29, 1.82) is 0 Å². The first kappa shape index (κ1) is 21.3. The van der Waals surface area contributed by atoms with E-state index in [4.69, 9.17) is 0 Å². The zero-order chi connectivity index (χ0) is 21.7. The highest BCUT2D eigenvalue weighted by Crippen LogP contribution is 2.27. The van der Waals surface area contributed by atoms with Gasteiger partial charge in [0.1, 0.15) is 17.9 Å². The second-order valence-corrected chi connectivity index (χ2v) is 6.48. The van der Waals surface area contributed by atoms with Crippen molar-refractivity contribution in [2.45, 2.75) is 6.36 Å². The molecule has 0 saturated carbocycles. The summed E-state index contributed by atoms with van der Waals surface area (Å²) in [6.45, 7) is 1.25. The number of fused-ring (bicyclic) bond motifs is 1. The van der Waals surface area contributed by atoms with Gasteiger partial charge >= 0.3 is 6.36 Å². The van der Waals surface area contributed by atoms with Gasteiger partial charge in [-0.15, -0.1) is 13.2 Å². The molecule has 0 aliphatic carbocycles. The maximum absolute atomic E-state index is 12.5. The Morgan fingerprint density at radius 3 is 2.53 bits per heavy atom. The summed E-state index contributed by atoms with van der Waals surface area (Å²) in [6, 6.07) is 10.4. The lowest BCUT2D eigenvalue weighted by atomic mass is 10.1. The highest BCUT2D eigenvalue weighted by Gasteiger charge is 2.30. The smallest absolute Gasteiger partial charge is 0.406 e. The molecule has 3 rings (SSSR count). The van der Waals surface area contributed by atoms with Crippen molar-refractivity contribution in [2.75, 3.05) is 32.5 Å². The van der Waals surface area contributed by atoms with E-state index in [9.17, 15) is 18.0 Å². The summed E-state index contributed by atoms with van der Waals surface area (Å²) in [7, 11) is 3.54. The third-order valence-electron chi connectivity index (χ3n) is 4.28. The summed E-state index contributed by atoms with van der Waals surface area (Å²) in [5.41, 5.74) is 1.59. The number of rotatable bonds is 7. The quantitative estimate of drug-likeness (QED) is 0.610. The minimum Gasteiger partial charge on any atom is -0.406 e. The predicted octanol–water partition coefficient (Wildman–Crippen LogP) is 3.56. The molecule has 2 N–H and O–H groups in total. The third-order valence-corrected chi connectivity index (χ3v) is 4.28. The molecule has 10 heteroatoms. The average Bonchev–Trinajstić information content (AvgIpc) is 2.71. The molecule has 1 heterocycles. The summed E-state index contributed by atoms with van der Waals surface area (Å²) >= 11 is 0. The molecule has 158 valence electrons. The Hall–Kier alpha value is -3.40. The molecule has 0 atom stereocenters. The van der Waals surface area contributed by atoms with Gasteiger partial charge in [-0.2, -0.15) is 0 Å². The molecule has 7 nitrogen and oxygen atoms in total. The molecule has 0 spiro atoms. The molecule has 0 bridgehead atoms. The Morgan fingerprint density at radius 2 is 1.87 bits per heavy atom. The lowest BCUT2D eigenvalue weighted by Crippen LogP contribution is -2.32. The van der Waals surface area contributed by atoms with E-state index in [2.05, 4.69) is 25.3 Å². The van der Waals surface area contributed by atoms with Crippen molar-refractivity contribution < 1.29 is 22.7 Å². The molecule has 0 aliphatic rings. The average molecular weight is 419 g/mol. The number of carbonyl (C=O) groups is 1. The van der Waals surface area contributed by atoms with Gasteiger partial charge in [0.05, 0.1) is 5.52 Å². The number of carbonyl (C=O) groups excluding carboxylic acids is 1. The van der Waals surface area contributed by atoms with Gasteiger partial charge in [0.25, 0.3) is 5.91 Å². The lowest BCUT2D eigenvalue weighted by molar-refractivity contribution is -0.274. The number of likely N-dealkylation sites (N-methyl/N-ethyl adjacent to an activating group) is 2. The molecule has 0 unspecified atom stereocenters. The Kier molecular flexibility index (Phi) is 6.36. The second kappa shape index (κ2) is 8.95. The number of aromatic nitrogens is 2. The van der Waals surface area contributed by atoms with Crippen LogP contribution in [0, 0.1) is 0 Å². The van der Waals surface area contributed by atoms with E-state index in [1.807, 2.05) is 7.05 Å². The first-order chi connectivity index (χ1) is 14.3. The van der Waals surface area contributed by atoms with Gasteiger partial charge in [0.15, 0.2) is 0 Å². The fraction of sp³-hybridized carbons (Fsp3) is 0.250. The number of alkyl halides is 3.